The summed E-state index contributed by atoms with van der Waals surface area (Å²) in [5.74, 6) is 0. The zero-order chi connectivity index (χ0) is 17.6. The number of rotatable bonds is 7. The van der Waals surface area contributed by atoms with E-state index in [2.05, 4.69) is 87.5 Å². The topological polar surface area (TPSA) is 27.0 Å². The summed E-state index contributed by atoms with van der Waals surface area (Å²) in [6.07, 6.45) is 4.69. The van der Waals surface area contributed by atoms with Crippen LogP contribution in [0.25, 0.3) is 10.8 Å². The van der Waals surface area contributed by atoms with Gasteiger partial charge in [-0.2, -0.15) is 5.26 Å². The van der Waals surface area contributed by atoms with Crippen LogP contribution < -0.4 is 0 Å². The molecule has 2 aromatic rings. The first-order valence-electron chi connectivity index (χ1n) is 8.62. The third kappa shape index (κ3) is 4.69. The number of allylic oxidation sites excluding steroid dienone is 2. The summed E-state index contributed by atoms with van der Waals surface area (Å²) in [5.41, 5.74) is 2.19. The van der Waals surface area contributed by atoms with Gasteiger partial charge in [0.2, 0.25) is 0 Å². The van der Waals surface area contributed by atoms with Gasteiger partial charge in [-0.1, -0.05) is 54.1 Å². The second-order valence-electron chi connectivity index (χ2n) is 7.25. The fourth-order valence-corrected chi connectivity index (χ4v) is 3.05. The average Bonchev–Trinajstić information content (AvgIpc) is 2.57. The third-order valence-corrected chi connectivity index (χ3v) is 4.58. The Morgan fingerprint density at radius 2 is 1.83 bits per heavy atom. The quantitative estimate of drug-likeness (QED) is 0.656. The van der Waals surface area contributed by atoms with E-state index in [0.29, 0.717) is 0 Å². The van der Waals surface area contributed by atoms with Gasteiger partial charge in [-0.15, -0.1) is 0 Å². The highest BCUT2D eigenvalue weighted by molar-refractivity contribution is 5.85. The molecule has 0 saturated carbocycles. The normalized spacial score (nSPS) is 13.5. The molecule has 0 aromatic heterocycles. The van der Waals surface area contributed by atoms with E-state index in [1.165, 1.54) is 21.9 Å². The van der Waals surface area contributed by atoms with Crippen molar-refractivity contribution in [1.29, 1.82) is 5.26 Å². The lowest BCUT2D eigenvalue weighted by Gasteiger charge is -2.28. The SMILES string of the molecule is CC(C)=CCC(C#N)(CCN(C)C)Cc1cccc2ccccc12. The lowest BCUT2D eigenvalue weighted by atomic mass is 9.76. The Bertz CT molecular complexity index is 743. The van der Waals surface area contributed by atoms with E-state index in [0.717, 1.165) is 25.8 Å². The molecule has 0 radical (unpaired) electrons. The molecular weight excluding hydrogens is 292 g/mol. The maximum absolute atomic E-state index is 10.0. The smallest absolute Gasteiger partial charge is 0.0697 e. The summed E-state index contributed by atoms with van der Waals surface area (Å²) in [6, 6.07) is 17.5. The van der Waals surface area contributed by atoms with Gasteiger partial charge < -0.3 is 4.90 Å². The van der Waals surface area contributed by atoms with Crippen molar-refractivity contribution < 1.29 is 0 Å². The Hall–Kier alpha value is -2.11. The minimum Gasteiger partial charge on any atom is -0.309 e. The molecule has 0 aliphatic rings. The second kappa shape index (κ2) is 8.13. The van der Waals surface area contributed by atoms with Gasteiger partial charge in [0, 0.05) is 0 Å². The fraction of sp³-hybridized carbons (Fsp3) is 0.409. The summed E-state index contributed by atoms with van der Waals surface area (Å²) in [7, 11) is 4.14. The van der Waals surface area contributed by atoms with Gasteiger partial charge in [0.25, 0.3) is 0 Å². The van der Waals surface area contributed by atoms with Crippen molar-refractivity contribution in [3.8, 4) is 6.07 Å². The first kappa shape index (κ1) is 18.2. The molecule has 2 heteroatoms. The summed E-state index contributed by atoms with van der Waals surface area (Å²) >= 11 is 0. The zero-order valence-corrected chi connectivity index (χ0v) is 15.3. The number of hydrogen-bond acceptors (Lipinski definition) is 2. The van der Waals surface area contributed by atoms with Crippen molar-refractivity contribution in [2.24, 2.45) is 5.41 Å². The number of hydrogen-bond donors (Lipinski definition) is 0. The van der Waals surface area contributed by atoms with Gasteiger partial charge in [-0.3, -0.25) is 0 Å². The van der Waals surface area contributed by atoms with Crippen molar-refractivity contribution >= 4 is 10.8 Å². The highest BCUT2D eigenvalue weighted by atomic mass is 15.0. The standard InChI is InChI=1S/C22H28N2/c1-18(2)12-13-22(17-23,14-15-24(3)4)16-20-10-7-9-19-8-5-6-11-21(19)20/h5-12H,13-16H2,1-4H3. The first-order chi connectivity index (χ1) is 11.5. The van der Waals surface area contributed by atoms with E-state index in [1.807, 2.05) is 0 Å². The molecule has 0 saturated heterocycles. The van der Waals surface area contributed by atoms with Crippen LogP contribution in [-0.4, -0.2) is 25.5 Å². The molecule has 1 atom stereocenters. The molecule has 1 unspecified atom stereocenters. The minimum absolute atomic E-state index is 0.355. The molecule has 2 nitrogen and oxygen atoms in total. The lowest BCUT2D eigenvalue weighted by Crippen LogP contribution is -2.27. The zero-order valence-electron chi connectivity index (χ0n) is 15.3. The molecule has 2 rings (SSSR count). The molecule has 24 heavy (non-hydrogen) atoms. The molecule has 2 aromatic carbocycles. The molecule has 0 bridgehead atoms. The Morgan fingerprint density at radius 3 is 2.50 bits per heavy atom. The van der Waals surface area contributed by atoms with Crippen molar-refractivity contribution in [3.63, 3.8) is 0 Å². The Morgan fingerprint density at radius 1 is 1.12 bits per heavy atom. The van der Waals surface area contributed by atoms with E-state index < -0.39 is 0 Å². The predicted octanol–water partition coefficient (Wildman–Crippen LogP) is 5.20. The van der Waals surface area contributed by atoms with E-state index in [9.17, 15) is 5.26 Å². The highest BCUT2D eigenvalue weighted by Gasteiger charge is 2.30. The van der Waals surface area contributed by atoms with Crippen molar-refractivity contribution in [1.82, 2.24) is 4.90 Å². The van der Waals surface area contributed by atoms with Crippen molar-refractivity contribution in [2.45, 2.75) is 33.1 Å². The number of benzene rings is 2. The number of nitriles is 1. The van der Waals surface area contributed by atoms with E-state index in [-0.39, 0.29) is 5.41 Å². The van der Waals surface area contributed by atoms with E-state index >= 15 is 0 Å². The molecule has 0 amide bonds. The van der Waals surface area contributed by atoms with E-state index in [4.69, 9.17) is 0 Å². The van der Waals surface area contributed by atoms with Crippen LogP contribution in [0.1, 0.15) is 32.3 Å². The molecule has 0 aliphatic carbocycles. The van der Waals surface area contributed by atoms with Gasteiger partial charge in [0.15, 0.2) is 0 Å². The summed E-state index contributed by atoms with van der Waals surface area (Å²) in [5, 5.41) is 12.6. The van der Waals surface area contributed by atoms with Crippen LogP contribution in [0.15, 0.2) is 54.1 Å². The molecular formula is C22H28N2. The van der Waals surface area contributed by atoms with Gasteiger partial charge in [0.05, 0.1) is 11.5 Å². The molecule has 126 valence electrons. The summed E-state index contributed by atoms with van der Waals surface area (Å²) in [6.45, 7) is 5.13. The number of nitrogens with zero attached hydrogens (tertiary/aromatic N) is 2. The van der Waals surface area contributed by atoms with Crippen molar-refractivity contribution in [2.75, 3.05) is 20.6 Å². The summed E-state index contributed by atoms with van der Waals surface area (Å²) in [4.78, 5) is 2.16. The highest BCUT2D eigenvalue weighted by Crippen LogP contribution is 2.34. The fourth-order valence-electron chi connectivity index (χ4n) is 3.05. The maximum Gasteiger partial charge on any atom is 0.0697 e. The van der Waals surface area contributed by atoms with Gasteiger partial charge in [-0.05, 0) is 70.1 Å². The molecule has 0 aliphatic heterocycles. The van der Waals surface area contributed by atoms with Crippen LogP contribution >= 0.6 is 0 Å². The monoisotopic (exact) mass is 320 g/mol. The Balaban J connectivity index is 2.38. The number of fused-ring (bicyclic) bond motifs is 1. The van der Waals surface area contributed by atoms with Crippen LogP contribution in [0.5, 0.6) is 0 Å². The maximum atomic E-state index is 10.0. The largest absolute Gasteiger partial charge is 0.309 e. The van der Waals surface area contributed by atoms with E-state index in [1.54, 1.807) is 0 Å². The lowest BCUT2D eigenvalue weighted by molar-refractivity contribution is 0.293. The Kier molecular flexibility index (Phi) is 6.17. The predicted molar refractivity (Wildman–Crippen MR) is 103 cm³/mol. The minimum atomic E-state index is -0.355. The van der Waals surface area contributed by atoms with Crippen LogP contribution in [0.2, 0.25) is 0 Å². The second-order valence-corrected chi connectivity index (χ2v) is 7.25. The van der Waals surface area contributed by atoms with Gasteiger partial charge in [-0.25, -0.2) is 0 Å². The summed E-state index contributed by atoms with van der Waals surface area (Å²) < 4.78 is 0. The van der Waals surface area contributed by atoms with Crippen LogP contribution in [0.4, 0.5) is 0 Å². The van der Waals surface area contributed by atoms with Gasteiger partial charge >= 0.3 is 0 Å². The van der Waals surface area contributed by atoms with Crippen LogP contribution in [0, 0.1) is 16.7 Å². The molecule has 0 fully saturated rings. The first-order valence-corrected chi connectivity index (χ1v) is 8.62. The van der Waals surface area contributed by atoms with Crippen LogP contribution in [-0.2, 0) is 6.42 Å². The van der Waals surface area contributed by atoms with Crippen molar-refractivity contribution in [3.05, 3.63) is 59.7 Å². The Labute approximate surface area is 146 Å². The third-order valence-electron chi connectivity index (χ3n) is 4.58. The van der Waals surface area contributed by atoms with Gasteiger partial charge in [0.1, 0.15) is 0 Å². The molecule has 0 heterocycles. The van der Waals surface area contributed by atoms with Crippen LogP contribution in [0.3, 0.4) is 0 Å². The average molecular weight is 320 g/mol. The molecule has 0 N–H and O–H groups in total. The molecule has 0 spiro atoms.